The van der Waals surface area contributed by atoms with Crippen molar-refractivity contribution >= 4 is 17.7 Å². The molecular weight excluding hydrogens is 286 g/mol. The van der Waals surface area contributed by atoms with Crippen molar-refractivity contribution in [1.82, 2.24) is 25.1 Å². The third-order valence-corrected chi connectivity index (χ3v) is 3.74. The van der Waals surface area contributed by atoms with E-state index in [0.29, 0.717) is 5.56 Å². The lowest BCUT2D eigenvalue weighted by Gasteiger charge is -2.15. The maximum Gasteiger partial charge on any atom is 0.254 e. The molecule has 2 aromatic heterocycles. The predicted octanol–water partition coefficient (Wildman–Crippen LogP) is 2.30. The van der Waals surface area contributed by atoms with Crippen molar-refractivity contribution in [1.29, 1.82) is 0 Å². The predicted molar refractivity (Wildman–Crippen MR) is 82.2 cm³/mol. The van der Waals surface area contributed by atoms with Gasteiger partial charge in [-0.15, -0.1) is 11.8 Å². The first-order valence-electron chi connectivity index (χ1n) is 6.85. The van der Waals surface area contributed by atoms with E-state index in [-0.39, 0.29) is 11.9 Å². The molecule has 0 saturated heterocycles. The first kappa shape index (κ1) is 15.5. The summed E-state index contributed by atoms with van der Waals surface area (Å²) in [6.07, 6.45) is 6.08. The van der Waals surface area contributed by atoms with Crippen LogP contribution in [0.25, 0.3) is 0 Å². The number of amides is 1. The molecule has 1 atom stereocenters. The zero-order valence-electron chi connectivity index (χ0n) is 12.4. The fourth-order valence-corrected chi connectivity index (χ4v) is 2.60. The van der Waals surface area contributed by atoms with Crippen LogP contribution in [0.1, 0.15) is 42.5 Å². The highest BCUT2D eigenvalue weighted by molar-refractivity contribution is 7.98. The summed E-state index contributed by atoms with van der Waals surface area (Å²) in [5, 5.41) is 7.85. The second kappa shape index (κ2) is 7.21. The minimum atomic E-state index is -0.207. The zero-order chi connectivity index (χ0) is 15.2. The van der Waals surface area contributed by atoms with E-state index in [1.165, 1.54) is 18.1 Å². The largest absolute Gasteiger partial charge is 0.342 e. The number of nitrogens with zero attached hydrogens (tertiary/aromatic N) is 4. The molecule has 1 amide bonds. The van der Waals surface area contributed by atoms with Crippen molar-refractivity contribution in [2.75, 3.05) is 6.26 Å². The second-order valence-corrected chi connectivity index (χ2v) is 5.39. The summed E-state index contributed by atoms with van der Waals surface area (Å²) in [6.45, 7) is 4.77. The van der Waals surface area contributed by atoms with Crippen molar-refractivity contribution < 1.29 is 4.79 Å². The zero-order valence-corrected chi connectivity index (χ0v) is 13.2. The van der Waals surface area contributed by atoms with Crippen molar-refractivity contribution in [3.05, 3.63) is 36.0 Å². The molecular formula is C14H19N5OS. The molecule has 21 heavy (non-hydrogen) atoms. The van der Waals surface area contributed by atoms with Gasteiger partial charge in [-0.25, -0.2) is 14.6 Å². The van der Waals surface area contributed by atoms with E-state index < -0.39 is 0 Å². The lowest BCUT2D eigenvalue weighted by molar-refractivity contribution is 0.0933. The van der Waals surface area contributed by atoms with Crippen LogP contribution < -0.4 is 5.32 Å². The van der Waals surface area contributed by atoms with E-state index in [9.17, 15) is 4.79 Å². The molecule has 7 heteroatoms. The monoisotopic (exact) mass is 305 g/mol. The highest BCUT2D eigenvalue weighted by Gasteiger charge is 2.18. The molecule has 0 fully saturated rings. The molecule has 0 aliphatic carbocycles. The fourth-order valence-electron chi connectivity index (χ4n) is 2.06. The highest BCUT2D eigenvalue weighted by atomic mass is 32.2. The Morgan fingerprint density at radius 2 is 2.29 bits per heavy atom. The summed E-state index contributed by atoms with van der Waals surface area (Å²) in [7, 11) is 0. The van der Waals surface area contributed by atoms with Gasteiger partial charge in [0.2, 0.25) is 0 Å². The van der Waals surface area contributed by atoms with Gasteiger partial charge in [-0.1, -0.05) is 6.92 Å². The van der Waals surface area contributed by atoms with Crippen LogP contribution >= 0.6 is 11.8 Å². The molecule has 1 N–H and O–H groups in total. The standard InChI is InChI=1S/C14H19N5OS/c1-4-8-19-12(16-9-17-19)10(2)18-13(20)11-6-5-7-15-14(11)21-3/h5-7,9-10H,4,8H2,1-3H3,(H,18,20)/t10-/m0/s1. The van der Waals surface area contributed by atoms with Crippen LogP contribution in [0.3, 0.4) is 0 Å². The molecule has 0 saturated carbocycles. The number of aromatic nitrogens is 4. The molecule has 0 unspecified atom stereocenters. The SMILES string of the molecule is CCCn1ncnc1[C@H](C)NC(=O)c1cccnc1SC. The quantitative estimate of drug-likeness (QED) is 0.829. The Morgan fingerprint density at radius 1 is 1.48 bits per heavy atom. The van der Waals surface area contributed by atoms with Gasteiger partial charge in [0.15, 0.2) is 0 Å². The molecule has 0 radical (unpaired) electrons. The highest BCUT2D eigenvalue weighted by Crippen LogP contribution is 2.18. The lowest BCUT2D eigenvalue weighted by Crippen LogP contribution is -2.29. The average Bonchev–Trinajstić information content (AvgIpc) is 2.96. The van der Waals surface area contributed by atoms with Gasteiger partial charge < -0.3 is 5.32 Å². The Morgan fingerprint density at radius 3 is 3.00 bits per heavy atom. The number of thioether (sulfide) groups is 1. The Labute approximate surface area is 128 Å². The van der Waals surface area contributed by atoms with Gasteiger partial charge in [0.25, 0.3) is 5.91 Å². The third kappa shape index (κ3) is 3.60. The van der Waals surface area contributed by atoms with E-state index in [2.05, 4.69) is 27.3 Å². The third-order valence-electron chi connectivity index (χ3n) is 3.02. The van der Waals surface area contributed by atoms with Crippen LogP contribution in [-0.4, -0.2) is 31.9 Å². The van der Waals surface area contributed by atoms with E-state index in [4.69, 9.17) is 0 Å². The number of hydrogen-bond acceptors (Lipinski definition) is 5. The number of hydrogen-bond donors (Lipinski definition) is 1. The molecule has 2 heterocycles. The molecule has 0 bridgehead atoms. The van der Waals surface area contributed by atoms with E-state index >= 15 is 0 Å². The Kier molecular flexibility index (Phi) is 5.32. The van der Waals surface area contributed by atoms with Gasteiger partial charge in [-0.05, 0) is 31.7 Å². The van der Waals surface area contributed by atoms with Crippen molar-refractivity contribution in [3.8, 4) is 0 Å². The number of rotatable bonds is 6. The Bertz CT molecular complexity index is 613. The van der Waals surface area contributed by atoms with Crippen LogP contribution in [0.4, 0.5) is 0 Å². The van der Waals surface area contributed by atoms with Gasteiger partial charge in [-0.2, -0.15) is 5.10 Å². The summed E-state index contributed by atoms with van der Waals surface area (Å²) in [4.78, 5) is 20.8. The fraction of sp³-hybridized carbons (Fsp3) is 0.429. The number of aryl methyl sites for hydroxylation is 1. The first-order chi connectivity index (χ1) is 10.2. The van der Waals surface area contributed by atoms with Crippen molar-refractivity contribution in [2.45, 2.75) is 37.9 Å². The maximum absolute atomic E-state index is 12.4. The molecule has 0 aromatic carbocycles. The summed E-state index contributed by atoms with van der Waals surface area (Å²) < 4.78 is 1.82. The number of pyridine rings is 1. The molecule has 0 aliphatic heterocycles. The second-order valence-electron chi connectivity index (χ2n) is 4.60. The van der Waals surface area contributed by atoms with Crippen molar-refractivity contribution in [2.24, 2.45) is 0 Å². The van der Waals surface area contributed by atoms with Gasteiger partial charge >= 0.3 is 0 Å². The molecule has 6 nitrogen and oxygen atoms in total. The van der Waals surface area contributed by atoms with Crippen LogP contribution in [0.15, 0.2) is 29.7 Å². The molecule has 2 aromatic rings. The molecule has 0 aliphatic rings. The number of carbonyl (C=O) groups excluding carboxylic acids is 1. The van der Waals surface area contributed by atoms with E-state index in [1.54, 1.807) is 18.3 Å². The van der Waals surface area contributed by atoms with E-state index in [0.717, 1.165) is 23.8 Å². The Hall–Kier alpha value is -1.89. The van der Waals surface area contributed by atoms with Crippen LogP contribution in [0.5, 0.6) is 0 Å². The minimum absolute atomic E-state index is 0.147. The molecule has 112 valence electrons. The average molecular weight is 305 g/mol. The summed E-state index contributed by atoms with van der Waals surface area (Å²) in [5.41, 5.74) is 0.582. The van der Waals surface area contributed by atoms with Gasteiger partial charge in [0.1, 0.15) is 17.2 Å². The minimum Gasteiger partial charge on any atom is -0.342 e. The van der Waals surface area contributed by atoms with Crippen LogP contribution in [-0.2, 0) is 6.54 Å². The van der Waals surface area contributed by atoms with Gasteiger partial charge in [-0.3, -0.25) is 4.79 Å². The summed E-state index contributed by atoms with van der Waals surface area (Å²) in [5.74, 6) is 0.616. The smallest absolute Gasteiger partial charge is 0.254 e. The summed E-state index contributed by atoms with van der Waals surface area (Å²) >= 11 is 1.45. The van der Waals surface area contributed by atoms with Crippen LogP contribution in [0.2, 0.25) is 0 Å². The molecule has 2 rings (SSSR count). The lowest BCUT2D eigenvalue weighted by atomic mass is 10.2. The summed E-state index contributed by atoms with van der Waals surface area (Å²) in [6, 6.07) is 3.33. The number of nitrogens with one attached hydrogen (secondary N) is 1. The Balaban J connectivity index is 2.13. The van der Waals surface area contributed by atoms with E-state index in [1.807, 2.05) is 17.9 Å². The van der Waals surface area contributed by atoms with Crippen LogP contribution in [0, 0.1) is 0 Å². The maximum atomic E-state index is 12.4. The van der Waals surface area contributed by atoms with Crippen molar-refractivity contribution in [3.63, 3.8) is 0 Å². The number of carbonyl (C=O) groups is 1. The normalized spacial score (nSPS) is 12.1. The molecule has 0 spiro atoms. The first-order valence-corrected chi connectivity index (χ1v) is 8.07. The van der Waals surface area contributed by atoms with Gasteiger partial charge in [0, 0.05) is 12.7 Å². The topological polar surface area (TPSA) is 72.7 Å². The van der Waals surface area contributed by atoms with Gasteiger partial charge in [0.05, 0.1) is 11.6 Å².